The summed E-state index contributed by atoms with van der Waals surface area (Å²) in [6.45, 7) is 2.50. The fourth-order valence-electron chi connectivity index (χ4n) is 3.56. The van der Waals surface area contributed by atoms with E-state index in [1.54, 1.807) is 17.0 Å². The minimum absolute atomic E-state index is 0.0400. The predicted molar refractivity (Wildman–Crippen MR) is 106 cm³/mol. The Balaban J connectivity index is 1.61. The lowest BCUT2D eigenvalue weighted by Gasteiger charge is -2.25. The molecule has 7 heteroatoms. The van der Waals surface area contributed by atoms with Gasteiger partial charge in [0.2, 0.25) is 11.8 Å². The molecular weight excluding hydrogens is 372 g/mol. The second-order valence-electron chi connectivity index (χ2n) is 7.09. The van der Waals surface area contributed by atoms with Gasteiger partial charge in [0.05, 0.1) is 19.1 Å². The highest BCUT2D eigenvalue weighted by atomic mass is 16.5. The van der Waals surface area contributed by atoms with Crippen molar-refractivity contribution in [2.45, 2.75) is 25.9 Å². The minimum atomic E-state index is -1.10. The molecule has 2 aromatic rings. The van der Waals surface area contributed by atoms with Crippen molar-refractivity contribution in [2.75, 3.05) is 13.7 Å². The number of hydrogen-bond donors (Lipinski definition) is 2. The first-order chi connectivity index (χ1) is 13.9. The van der Waals surface area contributed by atoms with Gasteiger partial charge in [-0.3, -0.25) is 9.59 Å². The Morgan fingerprint density at radius 2 is 1.97 bits per heavy atom. The first kappa shape index (κ1) is 20.4. The van der Waals surface area contributed by atoms with Crippen LogP contribution in [-0.2, 0) is 16.1 Å². The maximum absolute atomic E-state index is 12.6. The van der Waals surface area contributed by atoms with Gasteiger partial charge in [-0.2, -0.15) is 0 Å². The monoisotopic (exact) mass is 396 g/mol. The van der Waals surface area contributed by atoms with Gasteiger partial charge in [0.15, 0.2) is 0 Å². The fraction of sp³-hybridized carbons (Fsp3) is 0.318. The number of nitrogens with one attached hydrogen (secondary N) is 1. The van der Waals surface area contributed by atoms with E-state index in [2.05, 4.69) is 5.32 Å². The predicted octanol–water partition coefficient (Wildman–Crippen LogP) is 2.62. The number of nitrogens with zero attached hydrogens (tertiary/aromatic N) is 1. The smallest absolute Gasteiger partial charge is 0.339 e. The molecule has 7 nitrogen and oxygen atoms in total. The van der Waals surface area contributed by atoms with Crippen LogP contribution in [0.3, 0.4) is 0 Å². The number of carbonyl (C=O) groups is 3. The summed E-state index contributed by atoms with van der Waals surface area (Å²) in [7, 11) is 1.41. The number of aromatic carboxylic acids is 1. The van der Waals surface area contributed by atoms with Crippen molar-refractivity contribution in [3.05, 3.63) is 65.2 Å². The van der Waals surface area contributed by atoms with E-state index in [0.717, 1.165) is 5.56 Å². The van der Waals surface area contributed by atoms with Gasteiger partial charge in [-0.15, -0.1) is 0 Å². The van der Waals surface area contributed by atoms with Crippen LogP contribution in [0.15, 0.2) is 48.5 Å². The zero-order valence-electron chi connectivity index (χ0n) is 16.4. The normalized spacial score (nSPS) is 17.1. The Labute approximate surface area is 169 Å². The SMILES string of the molecule is COc1ccc(CNC(=O)[C@H]2CC(=O)N([C@H](C)c3ccccc3)C2)cc1C(=O)O. The summed E-state index contributed by atoms with van der Waals surface area (Å²) in [6.07, 6.45) is 0.173. The third-order valence-electron chi connectivity index (χ3n) is 5.24. The zero-order chi connectivity index (χ0) is 21.0. The van der Waals surface area contributed by atoms with E-state index in [1.165, 1.54) is 13.2 Å². The fourth-order valence-corrected chi connectivity index (χ4v) is 3.56. The molecule has 1 heterocycles. The summed E-state index contributed by atoms with van der Waals surface area (Å²) < 4.78 is 5.04. The molecule has 0 spiro atoms. The number of carbonyl (C=O) groups excluding carboxylic acids is 2. The molecular formula is C22H24N2O5. The number of carboxylic acids is 1. The lowest BCUT2D eigenvalue weighted by atomic mass is 10.1. The largest absolute Gasteiger partial charge is 0.496 e. The Morgan fingerprint density at radius 1 is 1.24 bits per heavy atom. The van der Waals surface area contributed by atoms with Crippen LogP contribution >= 0.6 is 0 Å². The van der Waals surface area contributed by atoms with Crippen LogP contribution in [0.4, 0.5) is 0 Å². The van der Waals surface area contributed by atoms with Crippen LogP contribution < -0.4 is 10.1 Å². The van der Waals surface area contributed by atoms with Crippen LogP contribution in [0.2, 0.25) is 0 Å². The summed E-state index contributed by atoms with van der Waals surface area (Å²) in [5.41, 5.74) is 1.72. The second-order valence-corrected chi connectivity index (χ2v) is 7.09. The standard InChI is InChI=1S/C22H24N2O5/c1-14(16-6-4-3-5-7-16)24-13-17(11-20(24)25)21(26)23-12-15-8-9-19(29-2)18(10-15)22(27)28/h3-10,14,17H,11-13H2,1-2H3,(H,23,26)(H,27,28)/t14-,17+/m1/s1. The van der Waals surface area contributed by atoms with Gasteiger partial charge in [-0.25, -0.2) is 4.79 Å². The van der Waals surface area contributed by atoms with Crippen molar-refractivity contribution in [3.63, 3.8) is 0 Å². The molecule has 1 aliphatic heterocycles. The Morgan fingerprint density at radius 3 is 2.62 bits per heavy atom. The summed E-state index contributed by atoms with van der Waals surface area (Å²) >= 11 is 0. The molecule has 29 heavy (non-hydrogen) atoms. The van der Waals surface area contributed by atoms with Gasteiger partial charge in [-0.1, -0.05) is 36.4 Å². The first-order valence-corrected chi connectivity index (χ1v) is 9.43. The third-order valence-corrected chi connectivity index (χ3v) is 5.24. The maximum Gasteiger partial charge on any atom is 0.339 e. The van der Waals surface area contributed by atoms with E-state index in [-0.39, 0.29) is 42.1 Å². The van der Waals surface area contributed by atoms with E-state index in [9.17, 15) is 19.5 Å². The van der Waals surface area contributed by atoms with Crippen LogP contribution in [0.5, 0.6) is 5.75 Å². The molecule has 152 valence electrons. The van der Waals surface area contributed by atoms with Crippen LogP contribution in [-0.4, -0.2) is 41.4 Å². The van der Waals surface area contributed by atoms with E-state index in [1.807, 2.05) is 37.3 Å². The average Bonchev–Trinajstić information content (AvgIpc) is 3.13. The molecule has 0 radical (unpaired) electrons. The molecule has 1 aliphatic rings. The van der Waals surface area contributed by atoms with Crippen LogP contribution in [0, 0.1) is 5.92 Å². The van der Waals surface area contributed by atoms with Gasteiger partial charge in [0, 0.05) is 19.5 Å². The van der Waals surface area contributed by atoms with Crippen LogP contribution in [0.25, 0.3) is 0 Å². The number of benzene rings is 2. The summed E-state index contributed by atoms with van der Waals surface area (Å²) in [6, 6.07) is 14.4. The maximum atomic E-state index is 12.6. The number of carboxylic acid groups (broad SMARTS) is 1. The lowest BCUT2D eigenvalue weighted by molar-refractivity contribution is -0.130. The molecule has 0 bridgehead atoms. The van der Waals surface area contributed by atoms with Crippen LogP contribution in [0.1, 0.15) is 40.9 Å². The topological polar surface area (TPSA) is 95.9 Å². The van der Waals surface area contributed by atoms with E-state index in [0.29, 0.717) is 12.1 Å². The molecule has 0 aliphatic carbocycles. The Hall–Kier alpha value is -3.35. The molecule has 0 aromatic heterocycles. The van der Waals surface area contributed by atoms with Crippen molar-refractivity contribution >= 4 is 17.8 Å². The molecule has 1 saturated heterocycles. The van der Waals surface area contributed by atoms with Gasteiger partial charge >= 0.3 is 5.97 Å². The van der Waals surface area contributed by atoms with Gasteiger partial charge < -0.3 is 20.1 Å². The van der Waals surface area contributed by atoms with Gasteiger partial charge in [-0.05, 0) is 30.2 Å². The molecule has 0 saturated carbocycles. The van der Waals surface area contributed by atoms with Crippen molar-refractivity contribution in [1.82, 2.24) is 10.2 Å². The lowest BCUT2D eigenvalue weighted by Crippen LogP contribution is -2.33. The molecule has 2 N–H and O–H groups in total. The molecule has 0 unspecified atom stereocenters. The molecule has 1 fully saturated rings. The van der Waals surface area contributed by atoms with Gasteiger partial charge in [0.25, 0.3) is 0 Å². The number of hydrogen-bond acceptors (Lipinski definition) is 4. The number of rotatable bonds is 7. The summed E-state index contributed by atoms with van der Waals surface area (Å²) in [5, 5.41) is 12.1. The van der Waals surface area contributed by atoms with Gasteiger partial charge in [0.1, 0.15) is 11.3 Å². The quantitative estimate of drug-likeness (QED) is 0.750. The highest BCUT2D eigenvalue weighted by molar-refractivity contribution is 5.91. The average molecular weight is 396 g/mol. The van der Waals surface area contributed by atoms with Crippen molar-refractivity contribution < 1.29 is 24.2 Å². The third kappa shape index (κ3) is 4.56. The molecule has 3 rings (SSSR count). The highest BCUT2D eigenvalue weighted by Crippen LogP contribution is 2.28. The van der Waals surface area contributed by atoms with Crippen molar-refractivity contribution in [1.29, 1.82) is 0 Å². The number of likely N-dealkylation sites (tertiary alicyclic amines) is 1. The Bertz CT molecular complexity index is 913. The van der Waals surface area contributed by atoms with E-state index in [4.69, 9.17) is 4.74 Å². The minimum Gasteiger partial charge on any atom is -0.496 e. The summed E-state index contributed by atoms with van der Waals surface area (Å²) in [4.78, 5) is 38.1. The molecule has 2 amide bonds. The van der Waals surface area contributed by atoms with E-state index < -0.39 is 11.9 Å². The zero-order valence-corrected chi connectivity index (χ0v) is 16.4. The van der Waals surface area contributed by atoms with Crippen molar-refractivity contribution in [2.24, 2.45) is 5.92 Å². The number of methoxy groups -OCH3 is 1. The second kappa shape index (κ2) is 8.77. The highest BCUT2D eigenvalue weighted by Gasteiger charge is 2.36. The number of ether oxygens (including phenoxy) is 1. The van der Waals surface area contributed by atoms with E-state index >= 15 is 0 Å². The molecule has 2 atom stereocenters. The van der Waals surface area contributed by atoms with Crippen molar-refractivity contribution in [3.8, 4) is 5.75 Å². The first-order valence-electron chi connectivity index (χ1n) is 9.43. The number of amides is 2. The molecule has 2 aromatic carbocycles. The Kier molecular flexibility index (Phi) is 6.16. The summed E-state index contributed by atoms with van der Waals surface area (Å²) in [5.74, 6) is -1.51.